The lowest BCUT2D eigenvalue weighted by atomic mass is 9.87. The van der Waals surface area contributed by atoms with Gasteiger partial charge in [-0.15, -0.1) is 11.6 Å². The smallest absolute Gasteiger partial charge is 0.246 e. The van der Waals surface area contributed by atoms with Gasteiger partial charge in [0.1, 0.15) is 11.6 Å². The Hall–Kier alpha value is -1.36. The molecule has 1 aliphatic heterocycles. The standard InChI is InChI=1S/C16H21ClF2N2O/c1-16(2,5-3-6-17)15(22)21-8-4-7-20(21)14-10-12(18)9-13(19)11-14/h9-11H,3-8H2,1-2H3. The topological polar surface area (TPSA) is 23.6 Å². The molecule has 1 amide bonds. The third kappa shape index (κ3) is 3.69. The Labute approximate surface area is 134 Å². The van der Waals surface area contributed by atoms with Crippen LogP contribution in [-0.4, -0.2) is 29.9 Å². The summed E-state index contributed by atoms with van der Waals surface area (Å²) in [4.78, 5) is 12.8. The summed E-state index contributed by atoms with van der Waals surface area (Å²) in [5.41, 5.74) is -0.180. The van der Waals surface area contributed by atoms with E-state index >= 15 is 0 Å². The van der Waals surface area contributed by atoms with Crippen LogP contribution in [0.3, 0.4) is 0 Å². The van der Waals surface area contributed by atoms with Gasteiger partial charge in [0.05, 0.1) is 5.69 Å². The average Bonchev–Trinajstić information content (AvgIpc) is 2.92. The second kappa shape index (κ2) is 6.82. The molecule has 0 saturated carbocycles. The first-order chi connectivity index (χ1) is 10.3. The third-order valence-electron chi connectivity index (χ3n) is 3.93. The molecule has 0 radical (unpaired) electrons. The third-order valence-corrected chi connectivity index (χ3v) is 4.19. The van der Waals surface area contributed by atoms with Crippen LogP contribution in [0.15, 0.2) is 18.2 Å². The summed E-state index contributed by atoms with van der Waals surface area (Å²) in [7, 11) is 0. The zero-order chi connectivity index (χ0) is 16.3. The van der Waals surface area contributed by atoms with Crippen LogP contribution in [0, 0.1) is 17.0 Å². The number of rotatable bonds is 5. The molecule has 3 nitrogen and oxygen atoms in total. The number of carbonyl (C=O) groups excluding carboxylic acids is 1. The van der Waals surface area contributed by atoms with Crippen molar-refractivity contribution in [3.05, 3.63) is 29.8 Å². The van der Waals surface area contributed by atoms with Gasteiger partial charge < -0.3 is 0 Å². The SMILES string of the molecule is CC(C)(CCCCl)C(=O)N1CCCN1c1cc(F)cc(F)c1. The number of amides is 1. The maximum atomic E-state index is 13.4. The van der Waals surface area contributed by atoms with E-state index in [0.717, 1.165) is 18.9 Å². The van der Waals surface area contributed by atoms with E-state index in [1.807, 2.05) is 13.8 Å². The van der Waals surface area contributed by atoms with Crippen molar-refractivity contribution in [1.82, 2.24) is 5.01 Å². The number of nitrogens with zero attached hydrogens (tertiary/aromatic N) is 2. The summed E-state index contributed by atoms with van der Waals surface area (Å²) in [6, 6.07) is 3.33. The lowest BCUT2D eigenvalue weighted by molar-refractivity contribution is -0.140. The molecule has 1 heterocycles. The fraction of sp³-hybridized carbons (Fsp3) is 0.562. The van der Waals surface area contributed by atoms with Gasteiger partial charge in [-0.05, 0) is 31.4 Å². The lowest BCUT2D eigenvalue weighted by Crippen LogP contribution is -2.47. The number of hydrazine groups is 1. The van der Waals surface area contributed by atoms with Crippen molar-refractivity contribution in [2.24, 2.45) is 5.41 Å². The summed E-state index contributed by atoms with van der Waals surface area (Å²) in [6.07, 6.45) is 2.20. The first-order valence-electron chi connectivity index (χ1n) is 7.46. The quantitative estimate of drug-likeness (QED) is 0.763. The number of alkyl halides is 1. The van der Waals surface area contributed by atoms with Crippen LogP contribution in [0.4, 0.5) is 14.5 Å². The van der Waals surface area contributed by atoms with Crippen molar-refractivity contribution in [2.45, 2.75) is 33.1 Å². The number of carbonyl (C=O) groups is 1. The molecule has 1 aliphatic rings. The van der Waals surface area contributed by atoms with E-state index in [-0.39, 0.29) is 5.91 Å². The van der Waals surface area contributed by atoms with Crippen molar-refractivity contribution in [1.29, 1.82) is 0 Å². The Morgan fingerprint density at radius 2 is 1.86 bits per heavy atom. The molecule has 1 fully saturated rings. The van der Waals surface area contributed by atoms with Crippen LogP contribution in [0.2, 0.25) is 0 Å². The van der Waals surface area contributed by atoms with Gasteiger partial charge in [-0.2, -0.15) is 0 Å². The minimum absolute atomic E-state index is 0.0419. The van der Waals surface area contributed by atoms with Gasteiger partial charge in [0.2, 0.25) is 5.91 Å². The van der Waals surface area contributed by atoms with Crippen molar-refractivity contribution in [2.75, 3.05) is 24.0 Å². The molecule has 1 saturated heterocycles. The van der Waals surface area contributed by atoms with E-state index in [2.05, 4.69) is 0 Å². The molecule has 0 spiro atoms. The number of benzene rings is 1. The van der Waals surface area contributed by atoms with Crippen LogP contribution >= 0.6 is 11.6 Å². The second-order valence-electron chi connectivity index (χ2n) is 6.21. The van der Waals surface area contributed by atoms with Crippen molar-refractivity contribution in [3.63, 3.8) is 0 Å². The Balaban J connectivity index is 2.21. The Morgan fingerprint density at radius 3 is 2.45 bits per heavy atom. The Kier molecular flexibility index (Phi) is 5.27. The zero-order valence-corrected chi connectivity index (χ0v) is 13.7. The van der Waals surface area contributed by atoms with Crippen molar-refractivity contribution < 1.29 is 13.6 Å². The largest absolute Gasteiger partial charge is 0.283 e. The van der Waals surface area contributed by atoms with Gasteiger partial charge in [-0.1, -0.05) is 13.8 Å². The molecule has 2 rings (SSSR count). The molecule has 0 bridgehead atoms. The first-order valence-corrected chi connectivity index (χ1v) is 8.00. The van der Waals surface area contributed by atoms with Crippen LogP contribution in [-0.2, 0) is 4.79 Å². The predicted molar refractivity (Wildman–Crippen MR) is 83.8 cm³/mol. The minimum Gasteiger partial charge on any atom is -0.283 e. The van der Waals surface area contributed by atoms with Crippen LogP contribution in [0.1, 0.15) is 33.1 Å². The van der Waals surface area contributed by atoms with Gasteiger partial charge in [0.15, 0.2) is 0 Å². The number of halogens is 3. The highest BCUT2D eigenvalue weighted by atomic mass is 35.5. The zero-order valence-electron chi connectivity index (χ0n) is 12.9. The fourth-order valence-corrected chi connectivity index (χ4v) is 2.88. The minimum atomic E-state index is -0.643. The van der Waals surface area contributed by atoms with Crippen LogP contribution in [0.5, 0.6) is 0 Å². The maximum absolute atomic E-state index is 13.4. The summed E-state index contributed by atoms with van der Waals surface area (Å²) in [5, 5.41) is 3.26. The summed E-state index contributed by atoms with van der Waals surface area (Å²) in [5.74, 6) is -0.818. The second-order valence-corrected chi connectivity index (χ2v) is 6.59. The molecule has 1 aromatic carbocycles. The van der Waals surface area contributed by atoms with Gasteiger partial charge in [0.25, 0.3) is 0 Å². The van der Waals surface area contributed by atoms with Gasteiger partial charge >= 0.3 is 0 Å². The normalized spacial score (nSPS) is 15.5. The van der Waals surface area contributed by atoms with Crippen LogP contribution in [0.25, 0.3) is 0 Å². The molecule has 22 heavy (non-hydrogen) atoms. The molecular formula is C16H21ClF2N2O. The molecule has 0 atom stereocenters. The monoisotopic (exact) mass is 330 g/mol. The summed E-state index contributed by atoms with van der Waals surface area (Å²) in [6.45, 7) is 4.89. The molecule has 0 aromatic heterocycles. The van der Waals surface area contributed by atoms with E-state index < -0.39 is 17.0 Å². The highest BCUT2D eigenvalue weighted by molar-refractivity contribution is 6.17. The molecule has 122 valence electrons. The number of hydrogen-bond donors (Lipinski definition) is 0. The molecule has 0 unspecified atom stereocenters. The fourth-order valence-electron chi connectivity index (χ4n) is 2.74. The molecule has 1 aromatic rings. The Bertz CT molecular complexity index is 531. The van der Waals surface area contributed by atoms with E-state index in [1.165, 1.54) is 12.1 Å². The Morgan fingerprint density at radius 1 is 1.23 bits per heavy atom. The first kappa shape index (κ1) is 17.0. The van der Waals surface area contributed by atoms with Crippen molar-refractivity contribution >= 4 is 23.2 Å². The van der Waals surface area contributed by atoms with E-state index in [4.69, 9.17) is 11.6 Å². The van der Waals surface area contributed by atoms with Gasteiger partial charge in [-0.3, -0.25) is 14.8 Å². The van der Waals surface area contributed by atoms with E-state index in [9.17, 15) is 13.6 Å². The van der Waals surface area contributed by atoms with E-state index in [0.29, 0.717) is 31.1 Å². The molecule has 0 N–H and O–H groups in total. The van der Waals surface area contributed by atoms with E-state index in [1.54, 1.807) is 10.0 Å². The maximum Gasteiger partial charge on any atom is 0.246 e. The van der Waals surface area contributed by atoms with Gasteiger partial charge in [-0.25, -0.2) is 8.78 Å². The number of hydrogen-bond acceptors (Lipinski definition) is 2. The molecular weight excluding hydrogens is 310 g/mol. The lowest BCUT2D eigenvalue weighted by Gasteiger charge is -2.35. The predicted octanol–water partition coefficient (Wildman–Crippen LogP) is 3.96. The molecule has 0 aliphatic carbocycles. The summed E-state index contributed by atoms with van der Waals surface area (Å²) < 4.78 is 26.9. The highest BCUT2D eigenvalue weighted by Gasteiger charge is 2.37. The summed E-state index contributed by atoms with van der Waals surface area (Å²) >= 11 is 5.71. The highest BCUT2D eigenvalue weighted by Crippen LogP contribution is 2.31. The average molecular weight is 331 g/mol. The molecule has 6 heteroatoms. The number of anilines is 1. The van der Waals surface area contributed by atoms with Gasteiger partial charge in [0, 0.05) is 30.5 Å². The van der Waals surface area contributed by atoms with Crippen LogP contribution < -0.4 is 5.01 Å². The van der Waals surface area contributed by atoms with Crippen molar-refractivity contribution in [3.8, 4) is 0 Å².